The first kappa shape index (κ1) is 17.1. The lowest BCUT2D eigenvalue weighted by Crippen LogP contribution is -1.91. The fourth-order valence-electron chi connectivity index (χ4n) is 2.67. The number of anilines is 1. The molecular weight excluding hydrogens is 352 g/mol. The Balaban J connectivity index is 1.67. The summed E-state index contributed by atoms with van der Waals surface area (Å²) < 4.78 is 0. The van der Waals surface area contributed by atoms with Gasteiger partial charge in [-0.2, -0.15) is 5.10 Å². The van der Waals surface area contributed by atoms with Crippen molar-refractivity contribution in [3.63, 3.8) is 0 Å². The van der Waals surface area contributed by atoms with Crippen molar-refractivity contribution in [1.82, 2.24) is 9.97 Å². The fraction of sp³-hybridized carbons (Fsp3) is 0.0455. The molecule has 4 aromatic rings. The molecule has 0 aliphatic rings. The highest BCUT2D eigenvalue weighted by atomic mass is 32.1. The van der Waals surface area contributed by atoms with E-state index in [9.17, 15) is 0 Å². The van der Waals surface area contributed by atoms with Crippen LogP contribution in [0, 0.1) is 6.92 Å². The topological polar surface area (TPSA) is 50.2 Å². The molecule has 0 unspecified atom stereocenters. The van der Waals surface area contributed by atoms with Gasteiger partial charge in [-0.25, -0.2) is 4.98 Å². The Morgan fingerprint density at radius 3 is 2.41 bits per heavy atom. The number of hydrogen-bond donors (Lipinski definition) is 1. The van der Waals surface area contributed by atoms with E-state index < -0.39 is 0 Å². The maximum Gasteiger partial charge on any atom is 0.204 e. The average molecular weight is 370 g/mol. The number of benzene rings is 2. The van der Waals surface area contributed by atoms with Crippen molar-refractivity contribution < 1.29 is 0 Å². The first-order valence-electron chi connectivity index (χ1n) is 8.63. The molecule has 0 radical (unpaired) electrons. The fourth-order valence-corrected chi connectivity index (χ4v) is 3.61. The Bertz CT molecular complexity index is 1040. The van der Waals surface area contributed by atoms with Crippen molar-refractivity contribution >= 4 is 22.7 Å². The first-order chi connectivity index (χ1) is 13.3. The highest BCUT2D eigenvalue weighted by Crippen LogP contribution is 2.38. The summed E-state index contributed by atoms with van der Waals surface area (Å²) >= 11 is 1.59. The molecule has 0 aliphatic carbocycles. The molecule has 2 heterocycles. The maximum atomic E-state index is 4.79. The van der Waals surface area contributed by atoms with E-state index in [-0.39, 0.29) is 0 Å². The number of pyridine rings is 1. The number of aryl methyl sites for hydroxylation is 1. The Morgan fingerprint density at radius 1 is 0.889 bits per heavy atom. The van der Waals surface area contributed by atoms with Gasteiger partial charge in [-0.3, -0.25) is 10.4 Å². The second-order valence-corrected chi connectivity index (χ2v) is 7.05. The summed E-state index contributed by atoms with van der Waals surface area (Å²) in [5.74, 6) is 0. The van der Waals surface area contributed by atoms with Crippen molar-refractivity contribution in [2.24, 2.45) is 5.10 Å². The van der Waals surface area contributed by atoms with E-state index in [1.165, 1.54) is 5.56 Å². The molecule has 0 saturated heterocycles. The molecule has 0 spiro atoms. The zero-order chi connectivity index (χ0) is 18.5. The molecule has 4 rings (SSSR count). The third-order valence-corrected chi connectivity index (χ3v) is 5.04. The van der Waals surface area contributed by atoms with Gasteiger partial charge in [0.2, 0.25) is 5.13 Å². The number of thiazole rings is 1. The van der Waals surface area contributed by atoms with Gasteiger partial charge in [-0.05, 0) is 24.6 Å². The van der Waals surface area contributed by atoms with Crippen LogP contribution in [0.2, 0.25) is 0 Å². The van der Waals surface area contributed by atoms with Crippen LogP contribution in [0.5, 0.6) is 0 Å². The Morgan fingerprint density at radius 2 is 1.67 bits per heavy atom. The summed E-state index contributed by atoms with van der Waals surface area (Å²) in [6.07, 6.45) is 3.43. The Hall–Kier alpha value is -3.31. The molecule has 0 fully saturated rings. The average Bonchev–Trinajstić information content (AvgIpc) is 3.14. The number of rotatable bonds is 5. The SMILES string of the molecule is Cc1ccc(-c2nc(N/N=C\c3ccccn3)sc2-c2ccccc2)cc1. The molecule has 0 atom stereocenters. The predicted molar refractivity (Wildman–Crippen MR) is 113 cm³/mol. The lowest BCUT2D eigenvalue weighted by molar-refractivity contribution is 1.26. The van der Waals surface area contributed by atoms with Gasteiger partial charge in [0.15, 0.2) is 0 Å². The molecule has 4 nitrogen and oxygen atoms in total. The number of aromatic nitrogens is 2. The van der Waals surface area contributed by atoms with Crippen LogP contribution in [0.3, 0.4) is 0 Å². The number of nitrogens with zero attached hydrogens (tertiary/aromatic N) is 3. The molecule has 0 saturated carbocycles. The minimum Gasteiger partial charge on any atom is -0.255 e. The predicted octanol–water partition coefficient (Wildman–Crippen LogP) is 5.63. The highest BCUT2D eigenvalue weighted by molar-refractivity contribution is 7.19. The van der Waals surface area contributed by atoms with Gasteiger partial charge >= 0.3 is 0 Å². The van der Waals surface area contributed by atoms with Crippen molar-refractivity contribution in [3.05, 3.63) is 90.3 Å². The van der Waals surface area contributed by atoms with E-state index in [1.54, 1.807) is 23.7 Å². The number of nitrogens with one attached hydrogen (secondary N) is 1. The second-order valence-electron chi connectivity index (χ2n) is 6.05. The van der Waals surface area contributed by atoms with E-state index in [1.807, 2.05) is 36.4 Å². The van der Waals surface area contributed by atoms with Gasteiger partial charge in [-0.15, -0.1) is 0 Å². The molecule has 0 amide bonds. The van der Waals surface area contributed by atoms with Gasteiger partial charge in [0, 0.05) is 11.8 Å². The molecule has 0 aliphatic heterocycles. The van der Waals surface area contributed by atoms with E-state index in [0.29, 0.717) is 0 Å². The molecular formula is C22H18N4S. The summed E-state index contributed by atoms with van der Waals surface area (Å²) in [7, 11) is 0. The Kier molecular flexibility index (Phi) is 5.03. The van der Waals surface area contributed by atoms with Crippen molar-refractivity contribution in [2.45, 2.75) is 6.92 Å². The van der Waals surface area contributed by atoms with Crippen molar-refractivity contribution in [1.29, 1.82) is 0 Å². The largest absolute Gasteiger partial charge is 0.255 e. The summed E-state index contributed by atoms with van der Waals surface area (Å²) in [5.41, 5.74) is 8.27. The molecule has 2 aromatic heterocycles. The normalized spacial score (nSPS) is 11.0. The smallest absolute Gasteiger partial charge is 0.204 e. The zero-order valence-corrected chi connectivity index (χ0v) is 15.6. The number of hydrogen-bond acceptors (Lipinski definition) is 5. The Labute approximate surface area is 162 Å². The van der Waals surface area contributed by atoms with Gasteiger partial charge < -0.3 is 0 Å². The lowest BCUT2D eigenvalue weighted by Gasteiger charge is -2.03. The molecule has 27 heavy (non-hydrogen) atoms. The van der Waals surface area contributed by atoms with Crippen LogP contribution in [0.1, 0.15) is 11.3 Å². The van der Waals surface area contributed by atoms with Gasteiger partial charge in [0.05, 0.1) is 22.5 Å². The maximum absolute atomic E-state index is 4.79. The summed E-state index contributed by atoms with van der Waals surface area (Å²) in [6.45, 7) is 2.09. The summed E-state index contributed by atoms with van der Waals surface area (Å²) in [5, 5.41) is 5.03. The van der Waals surface area contributed by atoms with Crippen molar-refractivity contribution in [3.8, 4) is 21.7 Å². The minimum absolute atomic E-state index is 0.747. The molecule has 0 bridgehead atoms. The molecule has 1 N–H and O–H groups in total. The minimum atomic E-state index is 0.747. The van der Waals surface area contributed by atoms with E-state index in [2.05, 4.69) is 58.8 Å². The molecule has 2 aromatic carbocycles. The molecule has 5 heteroatoms. The highest BCUT2D eigenvalue weighted by Gasteiger charge is 2.14. The monoisotopic (exact) mass is 370 g/mol. The van der Waals surface area contributed by atoms with Crippen LogP contribution in [-0.2, 0) is 0 Å². The van der Waals surface area contributed by atoms with Crippen molar-refractivity contribution in [2.75, 3.05) is 5.43 Å². The molecule has 132 valence electrons. The first-order valence-corrected chi connectivity index (χ1v) is 9.44. The van der Waals surface area contributed by atoms with Crippen LogP contribution >= 0.6 is 11.3 Å². The van der Waals surface area contributed by atoms with Gasteiger partial charge in [-0.1, -0.05) is 77.6 Å². The van der Waals surface area contributed by atoms with E-state index in [0.717, 1.165) is 32.5 Å². The van der Waals surface area contributed by atoms with Crippen LogP contribution in [0.4, 0.5) is 5.13 Å². The zero-order valence-electron chi connectivity index (χ0n) is 14.8. The third-order valence-electron chi connectivity index (χ3n) is 4.03. The second kappa shape index (κ2) is 7.93. The van der Waals surface area contributed by atoms with Crippen LogP contribution < -0.4 is 5.43 Å². The van der Waals surface area contributed by atoms with Crippen LogP contribution in [-0.4, -0.2) is 16.2 Å². The van der Waals surface area contributed by atoms with E-state index in [4.69, 9.17) is 4.98 Å². The lowest BCUT2D eigenvalue weighted by atomic mass is 10.1. The summed E-state index contributed by atoms with van der Waals surface area (Å²) in [4.78, 5) is 10.1. The van der Waals surface area contributed by atoms with Crippen LogP contribution in [0.25, 0.3) is 21.7 Å². The third kappa shape index (κ3) is 4.10. The quantitative estimate of drug-likeness (QED) is 0.366. The summed E-state index contributed by atoms with van der Waals surface area (Å²) in [6, 6.07) is 24.5. The van der Waals surface area contributed by atoms with Gasteiger partial charge in [0.1, 0.15) is 0 Å². The van der Waals surface area contributed by atoms with Gasteiger partial charge in [0.25, 0.3) is 0 Å². The number of hydrazone groups is 1. The standard InChI is InChI=1S/C22H18N4S/c1-16-10-12-17(13-11-16)20-21(18-7-3-2-4-8-18)27-22(25-20)26-24-15-19-9-5-6-14-23-19/h2-15H,1H3,(H,25,26)/b24-15-. The van der Waals surface area contributed by atoms with Crippen LogP contribution in [0.15, 0.2) is 84.1 Å². The van der Waals surface area contributed by atoms with E-state index >= 15 is 0 Å².